The van der Waals surface area contributed by atoms with Gasteiger partial charge in [0.1, 0.15) is 5.82 Å². The Morgan fingerprint density at radius 1 is 0.914 bits per heavy atom. The Bertz CT molecular complexity index is 1430. The van der Waals surface area contributed by atoms with Crippen molar-refractivity contribution in [2.45, 2.75) is 46.7 Å². The number of hydrogen-bond donors (Lipinski definition) is 1. The molecule has 1 aliphatic rings. The van der Waals surface area contributed by atoms with E-state index in [0.717, 1.165) is 28.3 Å². The highest BCUT2D eigenvalue weighted by Crippen LogP contribution is 2.44. The van der Waals surface area contributed by atoms with E-state index < -0.39 is 0 Å². The van der Waals surface area contributed by atoms with Crippen molar-refractivity contribution in [2.24, 2.45) is 0 Å². The third kappa shape index (κ3) is 4.02. The Hall–Kier alpha value is -3.51. The molecular weight excluding hydrogens is 455 g/mol. The van der Waals surface area contributed by atoms with Crippen molar-refractivity contribution < 1.29 is 4.39 Å². The molecule has 4 aromatic rings. The van der Waals surface area contributed by atoms with Gasteiger partial charge in [-0.25, -0.2) is 4.39 Å². The van der Waals surface area contributed by atoms with Crippen molar-refractivity contribution in [3.63, 3.8) is 0 Å². The molecule has 2 unspecified atom stereocenters. The average molecular weight is 485 g/mol. The highest BCUT2D eigenvalue weighted by Gasteiger charge is 2.42. The lowest BCUT2D eigenvalue weighted by molar-refractivity contribution is 0.564. The Labute approximate surface area is 211 Å². The van der Waals surface area contributed by atoms with Crippen LogP contribution in [-0.2, 0) is 0 Å². The lowest BCUT2D eigenvalue weighted by Gasteiger charge is -2.28. The molecule has 1 fully saturated rings. The van der Waals surface area contributed by atoms with Gasteiger partial charge in [0.15, 0.2) is 5.11 Å². The van der Waals surface area contributed by atoms with Crippen molar-refractivity contribution in [1.82, 2.24) is 14.9 Å². The lowest BCUT2D eigenvalue weighted by Crippen LogP contribution is -2.29. The molecule has 0 aliphatic carbocycles. The molecule has 5 rings (SSSR count). The number of aromatic nitrogens is 2. The summed E-state index contributed by atoms with van der Waals surface area (Å²) in [4.78, 5) is 6.77. The zero-order chi connectivity index (χ0) is 24.9. The molecular formula is C29H29FN4S. The van der Waals surface area contributed by atoms with Gasteiger partial charge in [0, 0.05) is 29.0 Å². The van der Waals surface area contributed by atoms with E-state index in [-0.39, 0.29) is 17.9 Å². The second-order valence-electron chi connectivity index (χ2n) is 9.38. The molecule has 1 saturated heterocycles. The molecule has 0 bridgehead atoms. The minimum absolute atomic E-state index is 0.146. The number of hydrogen-bond acceptors (Lipinski definition) is 2. The SMILES string of the molecule is Cc1ccc(C)c(-n2c(C)cc(C3C(c4ccccn4)NC(=S)N3c3ccc(F)c(C)c3)c2C)c1. The molecule has 4 nitrogen and oxygen atoms in total. The maximum atomic E-state index is 14.1. The van der Waals surface area contributed by atoms with Gasteiger partial charge in [-0.15, -0.1) is 0 Å². The largest absolute Gasteiger partial charge is 0.351 e. The van der Waals surface area contributed by atoms with Gasteiger partial charge in [-0.2, -0.15) is 0 Å². The summed E-state index contributed by atoms with van der Waals surface area (Å²) in [6.45, 7) is 10.3. The topological polar surface area (TPSA) is 33.1 Å². The molecule has 2 aromatic carbocycles. The minimum Gasteiger partial charge on any atom is -0.351 e. The molecule has 2 atom stereocenters. The number of thiocarbonyl (C=S) groups is 1. The first-order valence-corrected chi connectivity index (χ1v) is 12.2. The maximum absolute atomic E-state index is 14.1. The van der Waals surface area contributed by atoms with Crippen LogP contribution in [-0.4, -0.2) is 14.7 Å². The fourth-order valence-electron chi connectivity index (χ4n) is 5.15. The van der Waals surface area contributed by atoms with Gasteiger partial charge in [0.25, 0.3) is 0 Å². The van der Waals surface area contributed by atoms with Crippen LogP contribution in [0.5, 0.6) is 0 Å². The van der Waals surface area contributed by atoms with Crippen molar-refractivity contribution in [3.05, 3.63) is 112 Å². The first-order chi connectivity index (χ1) is 16.8. The molecule has 0 saturated carbocycles. The summed E-state index contributed by atoms with van der Waals surface area (Å²) in [7, 11) is 0. The minimum atomic E-state index is -0.224. The van der Waals surface area contributed by atoms with E-state index in [2.05, 4.69) is 71.7 Å². The Morgan fingerprint density at radius 2 is 1.71 bits per heavy atom. The number of anilines is 1. The number of nitrogens with one attached hydrogen (secondary N) is 1. The smallest absolute Gasteiger partial charge is 0.174 e. The van der Waals surface area contributed by atoms with Gasteiger partial charge in [0.05, 0.1) is 17.8 Å². The molecule has 6 heteroatoms. The third-order valence-corrected chi connectivity index (χ3v) is 7.23. The van der Waals surface area contributed by atoms with E-state index in [9.17, 15) is 4.39 Å². The number of pyridine rings is 1. The predicted molar refractivity (Wildman–Crippen MR) is 144 cm³/mol. The zero-order valence-electron chi connectivity index (χ0n) is 20.6. The Balaban J connectivity index is 1.71. The molecule has 0 amide bonds. The number of rotatable bonds is 4. The van der Waals surface area contributed by atoms with Crippen LogP contribution in [0.4, 0.5) is 10.1 Å². The van der Waals surface area contributed by atoms with E-state index in [0.29, 0.717) is 10.7 Å². The summed E-state index contributed by atoms with van der Waals surface area (Å²) in [5.74, 6) is -0.224. The molecule has 35 heavy (non-hydrogen) atoms. The van der Waals surface area contributed by atoms with Crippen molar-refractivity contribution >= 4 is 23.0 Å². The van der Waals surface area contributed by atoms with E-state index >= 15 is 0 Å². The predicted octanol–water partition coefficient (Wildman–Crippen LogP) is 6.73. The second-order valence-corrected chi connectivity index (χ2v) is 9.77. The fourth-order valence-corrected chi connectivity index (χ4v) is 5.49. The van der Waals surface area contributed by atoms with Gasteiger partial charge in [-0.3, -0.25) is 4.98 Å². The van der Waals surface area contributed by atoms with Crippen molar-refractivity contribution in [3.8, 4) is 5.69 Å². The van der Waals surface area contributed by atoms with Crippen LogP contribution in [0, 0.1) is 40.4 Å². The quantitative estimate of drug-likeness (QED) is 0.326. The normalized spacial score (nSPS) is 17.7. The fraction of sp³-hybridized carbons (Fsp3) is 0.241. The van der Waals surface area contributed by atoms with E-state index in [1.54, 1.807) is 19.2 Å². The summed E-state index contributed by atoms with van der Waals surface area (Å²) in [6, 6.07) is 19.6. The zero-order valence-corrected chi connectivity index (χ0v) is 21.4. The van der Waals surface area contributed by atoms with Crippen LogP contribution in [0.2, 0.25) is 0 Å². The number of benzene rings is 2. The summed E-state index contributed by atoms with van der Waals surface area (Å²) >= 11 is 5.85. The van der Waals surface area contributed by atoms with E-state index in [1.807, 2.05) is 24.3 Å². The van der Waals surface area contributed by atoms with Crippen molar-refractivity contribution in [2.75, 3.05) is 4.90 Å². The number of aryl methyl sites for hydroxylation is 4. The van der Waals surface area contributed by atoms with Crippen molar-refractivity contribution in [1.29, 1.82) is 0 Å². The molecule has 0 spiro atoms. The first kappa shape index (κ1) is 23.2. The maximum Gasteiger partial charge on any atom is 0.174 e. The monoisotopic (exact) mass is 484 g/mol. The molecule has 0 radical (unpaired) electrons. The summed E-state index contributed by atoms with van der Waals surface area (Å²) in [5.41, 5.74) is 9.45. The summed E-state index contributed by atoms with van der Waals surface area (Å²) in [6.07, 6.45) is 1.81. The molecule has 178 valence electrons. The van der Waals surface area contributed by atoms with Gasteiger partial charge < -0.3 is 14.8 Å². The van der Waals surface area contributed by atoms with Gasteiger partial charge in [-0.1, -0.05) is 18.2 Å². The van der Waals surface area contributed by atoms with Gasteiger partial charge in [-0.05, 0) is 112 Å². The van der Waals surface area contributed by atoms with Crippen LogP contribution in [0.1, 0.15) is 51.4 Å². The first-order valence-electron chi connectivity index (χ1n) is 11.8. The standard InChI is InChI=1S/C29H29FN4S/c1-17-9-10-18(2)26(14-17)33-20(4)16-23(21(33)5)28-27(25-8-6-7-13-31-25)32-29(35)34(28)22-11-12-24(30)19(3)15-22/h6-16,27-28H,1-5H3,(H,32,35). The van der Waals surface area contributed by atoms with E-state index in [4.69, 9.17) is 12.2 Å². The third-order valence-electron chi connectivity index (χ3n) is 6.91. The second kappa shape index (κ2) is 8.93. The lowest BCUT2D eigenvalue weighted by atomic mass is 9.96. The van der Waals surface area contributed by atoms with Crippen LogP contribution in [0.3, 0.4) is 0 Å². The molecule has 1 aliphatic heterocycles. The van der Waals surface area contributed by atoms with Crippen LogP contribution >= 0.6 is 12.2 Å². The van der Waals surface area contributed by atoms with E-state index in [1.165, 1.54) is 22.9 Å². The Kier molecular flexibility index (Phi) is 5.93. The highest BCUT2D eigenvalue weighted by atomic mass is 32.1. The highest BCUT2D eigenvalue weighted by molar-refractivity contribution is 7.80. The van der Waals surface area contributed by atoms with Crippen LogP contribution in [0.25, 0.3) is 5.69 Å². The van der Waals surface area contributed by atoms with Gasteiger partial charge in [0.2, 0.25) is 0 Å². The Morgan fingerprint density at radius 3 is 2.43 bits per heavy atom. The number of halogens is 1. The number of nitrogens with zero attached hydrogens (tertiary/aromatic N) is 3. The van der Waals surface area contributed by atoms with Crippen LogP contribution in [0.15, 0.2) is 66.9 Å². The molecule has 2 aromatic heterocycles. The van der Waals surface area contributed by atoms with Gasteiger partial charge >= 0.3 is 0 Å². The summed E-state index contributed by atoms with van der Waals surface area (Å²) < 4.78 is 16.5. The average Bonchev–Trinajstić information content (AvgIpc) is 3.33. The summed E-state index contributed by atoms with van der Waals surface area (Å²) in [5, 5.41) is 4.11. The molecule has 3 heterocycles. The van der Waals surface area contributed by atoms with Crippen LogP contribution < -0.4 is 10.2 Å². The molecule has 1 N–H and O–H groups in total.